The van der Waals surface area contributed by atoms with E-state index >= 15 is 0 Å². The van der Waals surface area contributed by atoms with Crippen LogP contribution in [0, 0.1) is 0 Å². The summed E-state index contributed by atoms with van der Waals surface area (Å²) in [5.74, 6) is -1.42. The summed E-state index contributed by atoms with van der Waals surface area (Å²) >= 11 is 0. The molecular formula is C19H22O. The van der Waals surface area contributed by atoms with Gasteiger partial charge in [-0.25, -0.2) is 0 Å². The van der Waals surface area contributed by atoms with Gasteiger partial charge in [-0.1, -0.05) is 79.9 Å². The summed E-state index contributed by atoms with van der Waals surface area (Å²) in [6, 6.07) is 18.1. The molecule has 2 aromatic rings. The minimum absolute atomic E-state index is 0.256. The largest absolute Gasteiger partial charge is 0.385 e. The van der Waals surface area contributed by atoms with Gasteiger partial charge >= 0.3 is 0 Å². The van der Waals surface area contributed by atoms with E-state index in [2.05, 4.69) is 0 Å². The molecule has 3 rings (SSSR count). The highest BCUT2D eigenvalue weighted by Gasteiger charge is 2.39. The van der Waals surface area contributed by atoms with E-state index in [9.17, 15) is 5.11 Å². The third kappa shape index (κ3) is 2.51. The van der Waals surface area contributed by atoms with Gasteiger partial charge in [0.2, 0.25) is 0 Å². The molecular weight excluding hydrogens is 244 g/mol. The predicted octanol–water partition coefficient (Wildman–Crippen LogP) is 4.62. The molecule has 1 nitrogen and oxygen atoms in total. The molecule has 0 bridgehead atoms. The highest BCUT2D eigenvalue weighted by Crippen LogP contribution is 2.45. The van der Waals surface area contributed by atoms with Gasteiger partial charge in [-0.15, -0.1) is 0 Å². The van der Waals surface area contributed by atoms with Crippen LogP contribution in [-0.2, 0) is 5.60 Å². The Labute approximate surface area is 125 Å². The Morgan fingerprint density at radius 3 is 2.30 bits per heavy atom. The second-order valence-corrected chi connectivity index (χ2v) is 5.30. The van der Waals surface area contributed by atoms with Crippen molar-refractivity contribution < 1.29 is 9.22 Å². The van der Waals surface area contributed by atoms with E-state index in [1.54, 1.807) is 24.3 Å². The monoisotopic (exact) mass is 269 g/mol. The first-order chi connectivity index (χ1) is 10.9. The SMILES string of the molecule is [2H]C1([2H])CCCCC([2H])(c2ccccc2)C1(O)c1ccccc1. The van der Waals surface area contributed by atoms with E-state index in [0.717, 1.165) is 6.42 Å². The fraction of sp³-hybridized carbons (Fsp3) is 0.368. The van der Waals surface area contributed by atoms with Crippen LogP contribution in [0.15, 0.2) is 60.7 Å². The molecule has 0 aliphatic heterocycles. The van der Waals surface area contributed by atoms with Crippen LogP contribution in [0.25, 0.3) is 0 Å². The lowest BCUT2D eigenvalue weighted by Gasteiger charge is -2.36. The normalized spacial score (nSPS) is 35.4. The summed E-state index contributed by atoms with van der Waals surface area (Å²) in [5.41, 5.74) is -0.748. The van der Waals surface area contributed by atoms with E-state index < -0.39 is 17.9 Å². The highest BCUT2D eigenvalue weighted by molar-refractivity contribution is 5.31. The van der Waals surface area contributed by atoms with E-state index in [-0.39, 0.29) is 6.42 Å². The maximum absolute atomic E-state index is 11.7. The maximum atomic E-state index is 11.7. The summed E-state index contributed by atoms with van der Waals surface area (Å²) in [4.78, 5) is 0. The predicted molar refractivity (Wildman–Crippen MR) is 82.6 cm³/mol. The van der Waals surface area contributed by atoms with Gasteiger partial charge in [0.15, 0.2) is 0 Å². The second-order valence-electron chi connectivity index (χ2n) is 5.30. The second kappa shape index (κ2) is 5.80. The van der Waals surface area contributed by atoms with Crippen molar-refractivity contribution >= 4 is 0 Å². The molecule has 1 heteroatoms. The Morgan fingerprint density at radius 1 is 0.950 bits per heavy atom. The molecule has 20 heavy (non-hydrogen) atoms. The van der Waals surface area contributed by atoms with Crippen LogP contribution < -0.4 is 0 Å². The number of rotatable bonds is 2. The lowest BCUT2D eigenvalue weighted by molar-refractivity contribution is 0.000116. The number of benzene rings is 2. The summed E-state index contributed by atoms with van der Waals surface area (Å²) in [6.45, 7) is 0. The van der Waals surface area contributed by atoms with Gasteiger partial charge in [-0.05, 0) is 23.9 Å². The van der Waals surface area contributed by atoms with Gasteiger partial charge in [0.1, 0.15) is 0 Å². The van der Waals surface area contributed by atoms with E-state index in [1.165, 1.54) is 0 Å². The quantitative estimate of drug-likeness (QED) is 0.789. The first-order valence-electron chi connectivity index (χ1n) is 8.75. The van der Waals surface area contributed by atoms with Crippen molar-refractivity contribution in [3.63, 3.8) is 0 Å². The molecule has 104 valence electrons. The highest BCUT2D eigenvalue weighted by atomic mass is 16.3. The molecule has 1 N–H and O–H groups in total. The zero-order valence-corrected chi connectivity index (χ0v) is 11.5. The Hall–Kier alpha value is -1.60. The summed E-state index contributed by atoms with van der Waals surface area (Å²) in [7, 11) is 0. The van der Waals surface area contributed by atoms with Crippen molar-refractivity contribution in [2.75, 3.05) is 0 Å². The van der Waals surface area contributed by atoms with Gasteiger partial charge in [-0.3, -0.25) is 0 Å². The summed E-state index contributed by atoms with van der Waals surface area (Å²) in [6.07, 6.45) is 0.221. The van der Waals surface area contributed by atoms with Crippen LogP contribution in [0.3, 0.4) is 0 Å². The third-order valence-electron chi connectivity index (χ3n) is 3.98. The lowest BCUT2D eigenvalue weighted by atomic mass is 9.74. The van der Waals surface area contributed by atoms with E-state index in [4.69, 9.17) is 4.11 Å². The van der Waals surface area contributed by atoms with Crippen molar-refractivity contribution in [3.05, 3.63) is 71.8 Å². The molecule has 0 amide bonds. The average molecular weight is 269 g/mol. The Morgan fingerprint density at radius 2 is 1.60 bits per heavy atom. The average Bonchev–Trinajstić information content (AvgIpc) is 2.67. The topological polar surface area (TPSA) is 20.2 Å². The third-order valence-corrected chi connectivity index (χ3v) is 3.98. The molecule has 2 aromatic carbocycles. The van der Waals surface area contributed by atoms with Crippen LogP contribution in [0.1, 0.15) is 53.2 Å². The summed E-state index contributed by atoms with van der Waals surface area (Å²) in [5, 5.41) is 11.7. The first-order valence-corrected chi connectivity index (χ1v) is 7.25. The molecule has 0 spiro atoms. The van der Waals surface area contributed by atoms with Gasteiger partial charge in [0.25, 0.3) is 0 Å². The Kier molecular flexibility index (Phi) is 2.95. The molecule has 1 aliphatic carbocycles. The smallest absolute Gasteiger partial charge is 0.0964 e. The zero-order chi connectivity index (χ0) is 16.6. The van der Waals surface area contributed by atoms with Crippen LogP contribution in [0.5, 0.6) is 0 Å². The van der Waals surface area contributed by atoms with Gasteiger partial charge in [0.05, 0.1) is 5.60 Å². The Balaban J connectivity index is 2.27. The van der Waals surface area contributed by atoms with Gasteiger partial charge in [0, 0.05) is 10.0 Å². The van der Waals surface area contributed by atoms with Crippen molar-refractivity contribution in [1.82, 2.24) is 0 Å². The standard InChI is InChI=1S/C19H22O/c20-19(17-12-6-2-7-13-17)15-9-3-8-14-18(19)16-10-4-1-5-11-16/h1-2,4-7,10-13,18,20H,3,8-9,14-15H2/i15D2,18D. The Bertz CT molecular complexity index is 659. The number of hydrogen-bond donors (Lipinski definition) is 1. The summed E-state index contributed by atoms with van der Waals surface area (Å²) < 4.78 is 26.3. The van der Waals surface area contributed by atoms with Crippen molar-refractivity contribution in [1.29, 1.82) is 0 Å². The van der Waals surface area contributed by atoms with E-state index in [1.807, 2.05) is 36.4 Å². The first kappa shape index (κ1) is 10.2. The molecule has 0 aromatic heterocycles. The number of hydrogen-bond acceptors (Lipinski definition) is 1. The molecule has 0 saturated heterocycles. The lowest BCUT2D eigenvalue weighted by Crippen LogP contribution is -2.32. The molecule has 1 aliphatic rings. The number of aliphatic hydroxyl groups is 1. The van der Waals surface area contributed by atoms with Crippen LogP contribution in [0.4, 0.5) is 0 Å². The van der Waals surface area contributed by atoms with Crippen LogP contribution >= 0.6 is 0 Å². The molecule has 2 unspecified atom stereocenters. The van der Waals surface area contributed by atoms with Gasteiger partial charge < -0.3 is 5.11 Å². The zero-order valence-electron chi connectivity index (χ0n) is 14.5. The minimum Gasteiger partial charge on any atom is -0.385 e. The van der Waals surface area contributed by atoms with E-state index in [0.29, 0.717) is 24.0 Å². The van der Waals surface area contributed by atoms with Crippen molar-refractivity contribution in [3.8, 4) is 0 Å². The van der Waals surface area contributed by atoms with Crippen molar-refractivity contribution in [2.24, 2.45) is 0 Å². The minimum atomic E-state index is -1.89. The van der Waals surface area contributed by atoms with Crippen LogP contribution in [0.2, 0.25) is 0 Å². The van der Waals surface area contributed by atoms with Crippen molar-refractivity contribution in [2.45, 2.75) is 43.6 Å². The molecule has 0 radical (unpaired) electrons. The molecule has 1 saturated carbocycles. The molecule has 1 fully saturated rings. The molecule has 2 atom stereocenters. The van der Waals surface area contributed by atoms with Gasteiger partial charge in [-0.2, -0.15) is 0 Å². The van der Waals surface area contributed by atoms with Crippen LogP contribution in [-0.4, -0.2) is 5.11 Å². The molecule has 0 heterocycles. The fourth-order valence-corrected chi connectivity index (χ4v) is 2.93. The fourth-order valence-electron chi connectivity index (χ4n) is 2.93. The maximum Gasteiger partial charge on any atom is 0.0964 e.